The summed E-state index contributed by atoms with van der Waals surface area (Å²) in [6.07, 6.45) is 2.22. The molecule has 21 heavy (non-hydrogen) atoms. The number of ketones is 1. The van der Waals surface area contributed by atoms with E-state index in [1.807, 2.05) is 14.1 Å². The van der Waals surface area contributed by atoms with E-state index in [4.69, 9.17) is 18.9 Å². The molecule has 0 saturated carbocycles. The summed E-state index contributed by atoms with van der Waals surface area (Å²) < 4.78 is 58.2. The minimum atomic E-state index is -5.84. The zero-order valence-corrected chi connectivity index (χ0v) is 12.6. The molecule has 0 fully saturated rings. The molecular formula is C10H20F3N2O5S+. The number of hydrogen-bond acceptors (Lipinski definition) is 5. The van der Waals surface area contributed by atoms with Gasteiger partial charge in [0.05, 0.1) is 27.2 Å². The molecule has 0 saturated heterocycles. The number of likely N-dealkylation sites (N-methyl/N-ethyl adjacent to an activating group) is 1. The van der Waals surface area contributed by atoms with Gasteiger partial charge in [-0.05, 0) is 6.08 Å². The van der Waals surface area contributed by atoms with Gasteiger partial charge in [-0.3, -0.25) is 9.35 Å². The minimum Gasteiger partial charge on any atom is -0.322 e. The highest BCUT2D eigenvalue weighted by Gasteiger charge is 2.44. The van der Waals surface area contributed by atoms with Crippen LogP contribution < -0.4 is 5.90 Å². The smallest absolute Gasteiger partial charge is 0.322 e. The van der Waals surface area contributed by atoms with E-state index in [0.717, 1.165) is 13.0 Å². The van der Waals surface area contributed by atoms with E-state index in [-0.39, 0.29) is 5.78 Å². The minimum absolute atomic E-state index is 0.0682. The van der Waals surface area contributed by atoms with Gasteiger partial charge in [-0.15, -0.1) is 0 Å². The van der Waals surface area contributed by atoms with Gasteiger partial charge in [0.1, 0.15) is 6.54 Å². The van der Waals surface area contributed by atoms with Crippen LogP contribution in [0.2, 0.25) is 0 Å². The lowest BCUT2D eigenvalue weighted by molar-refractivity contribution is -0.882. The highest BCUT2D eigenvalue weighted by atomic mass is 32.2. The summed E-state index contributed by atoms with van der Waals surface area (Å²) in [5.74, 6) is 4.96. The molecule has 0 unspecified atom stereocenters. The Kier molecular flexibility index (Phi) is 9.65. The van der Waals surface area contributed by atoms with Crippen LogP contribution in [0.4, 0.5) is 13.2 Å². The normalized spacial score (nSPS) is 12.3. The third-order valence-corrected chi connectivity index (χ3v) is 2.71. The Bertz CT molecular complexity index is 434. The second-order valence-electron chi connectivity index (χ2n) is 4.63. The van der Waals surface area contributed by atoms with E-state index in [0.29, 0.717) is 17.6 Å². The van der Waals surface area contributed by atoms with Gasteiger partial charge in [0.15, 0.2) is 0 Å². The molecule has 0 bridgehead atoms. The molecule has 0 aromatic carbocycles. The maximum atomic E-state index is 11.1. The fraction of sp³-hybridized carbons (Fsp3) is 0.700. The van der Waals surface area contributed by atoms with Crippen molar-refractivity contribution in [2.45, 2.75) is 11.9 Å². The predicted molar refractivity (Wildman–Crippen MR) is 69.4 cm³/mol. The van der Waals surface area contributed by atoms with E-state index in [1.54, 1.807) is 0 Å². The van der Waals surface area contributed by atoms with Crippen molar-refractivity contribution < 1.29 is 40.3 Å². The molecule has 0 atom stereocenters. The van der Waals surface area contributed by atoms with Crippen molar-refractivity contribution in [1.29, 1.82) is 0 Å². The van der Waals surface area contributed by atoms with Crippen molar-refractivity contribution in [3.8, 4) is 0 Å². The largest absolute Gasteiger partial charge is 0.522 e. The molecule has 0 radical (unpaired) electrons. The van der Waals surface area contributed by atoms with E-state index in [9.17, 15) is 18.0 Å². The molecule has 0 aromatic heterocycles. The Morgan fingerprint density at radius 1 is 1.43 bits per heavy atom. The summed E-state index contributed by atoms with van der Waals surface area (Å²) >= 11 is 0. The summed E-state index contributed by atoms with van der Waals surface area (Å²) in [5.41, 5.74) is -5.53. The third kappa shape index (κ3) is 12.4. The summed E-state index contributed by atoms with van der Waals surface area (Å²) in [4.78, 5) is 15.5. The molecule has 0 aliphatic heterocycles. The van der Waals surface area contributed by atoms with Crippen LogP contribution in [0.15, 0.2) is 12.7 Å². The number of halogens is 3. The lowest BCUT2D eigenvalue weighted by Crippen LogP contribution is -2.44. The summed E-state index contributed by atoms with van der Waals surface area (Å²) in [5, 5.41) is 0. The first-order valence-electron chi connectivity index (χ1n) is 5.59. The van der Waals surface area contributed by atoms with Gasteiger partial charge < -0.3 is 9.32 Å². The van der Waals surface area contributed by atoms with Gasteiger partial charge in [-0.2, -0.15) is 21.6 Å². The van der Waals surface area contributed by atoms with Crippen molar-refractivity contribution in [2.24, 2.45) is 5.90 Å². The Morgan fingerprint density at radius 2 is 1.86 bits per heavy atom. The van der Waals surface area contributed by atoms with Crippen LogP contribution in [-0.2, 0) is 19.8 Å². The van der Waals surface area contributed by atoms with E-state index < -0.39 is 15.6 Å². The Hall–Kier alpha value is -1.01. The molecule has 0 aromatic rings. The van der Waals surface area contributed by atoms with Crippen molar-refractivity contribution in [3.05, 3.63) is 12.7 Å². The number of carbonyl (C=O) groups is 1. The van der Waals surface area contributed by atoms with Crippen LogP contribution >= 0.6 is 0 Å². The SMILES string of the molecule is C=CC(=O)C[N+](C)(C)CCCON.O=S(=O)(O)C(F)(F)F. The fourth-order valence-electron chi connectivity index (χ4n) is 1.14. The lowest BCUT2D eigenvalue weighted by Gasteiger charge is -2.28. The molecule has 126 valence electrons. The van der Waals surface area contributed by atoms with Crippen LogP contribution in [0.1, 0.15) is 6.42 Å². The number of alkyl halides is 3. The van der Waals surface area contributed by atoms with Crippen LogP contribution in [0, 0.1) is 0 Å². The third-order valence-electron chi connectivity index (χ3n) is 2.13. The first kappa shape index (κ1) is 22.3. The molecule has 11 heteroatoms. The molecular weight excluding hydrogens is 317 g/mol. The highest BCUT2D eigenvalue weighted by Crippen LogP contribution is 2.20. The quantitative estimate of drug-likeness (QED) is 0.175. The van der Waals surface area contributed by atoms with Crippen LogP contribution in [0.25, 0.3) is 0 Å². The highest BCUT2D eigenvalue weighted by molar-refractivity contribution is 7.86. The molecule has 0 aliphatic rings. The average Bonchev–Trinajstić information content (AvgIpc) is 2.26. The second kappa shape index (κ2) is 9.10. The van der Waals surface area contributed by atoms with Gasteiger partial charge in [0.25, 0.3) is 0 Å². The topological polar surface area (TPSA) is 107 Å². The van der Waals surface area contributed by atoms with Gasteiger partial charge in [0, 0.05) is 6.42 Å². The zero-order valence-electron chi connectivity index (χ0n) is 11.8. The summed E-state index contributed by atoms with van der Waals surface area (Å²) in [7, 11) is -1.84. The number of nitrogens with zero attached hydrogens (tertiary/aromatic N) is 1. The monoisotopic (exact) mass is 337 g/mol. The standard InChI is InChI=1S/C9H19N2O2.CHF3O3S/c1-4-9(12)8-11(2,3)6-5-7-13-10;2-1(3,4)8(5,6)7/h4H,1,5-8,10H2,2-3H3;(H,5,6,7)/q+1;. The van der Waals surface area contributed by atoms with Gasteiger partial charge in [-0.1, -0.05) is 6.58 Å². The van der Waals surface area contributed by atoms with Crippen molar-refractivity contribution in [1.82, 2.24) is 0 Å². The van der Waals surface area contributed by atoms with E-state index >= 15 is 0 Å². The van der Waals surface area contributed by atoms with Crippen molar-refractivity contribution in [2.75, 3.05) is 33.8 Å². The molecule has 7 nitrogen and oxygen atoms in total. The molecule has 0 rings (SSSR count). The average molecular weight is 337 g/mol. The van der Waals surface area contributed by atoms with Gasteiger partial charge >= 0.3 is 15.6 Å². The fourth-order valence-corrected chi connectivity index (χ4v) is 1.14. The number of rotatable bonds is 7. The molecule has 0 amide bonds. The van der Waals surface area contributed by atoms with Crippen LogP contribution in [-0.4, -0.2) is 62.5 Å². The predicted octanol–water partition coefficient (Wildman–Crippen LogP) is 0.492. The maximum Gasteiger partial charge on any atom is 0.522 e. The Labute approximate surface area is 121 Å². The van der Waals surface area contributed by atoms with Crippen LogP contribution in [0.5, 0.6) is 0 Å². The molecule has 3 N–H and O–H groups in total. The van der Waals surface area contributed by atoms with E-state index in [2.05, 4.69) is 11.4 Å². The summed E-state index contributed by atoms with van der Waals surface area (Å²) in [6.45, 7) is 5.32. The van der Waals surface area contributed by atoms with E-state index in [1.165, 1.54) is 6.08 Å². The number of carbonyl (C=O) groups excluding carboxylic acids is 1. The van der Waals surface area contributed by atoms with Crippen molar-refractivity contribution in [3.63, 3.8) is 0 Å². The van der Waals surface area contributed by atoms with Crippen LogP contribution in [0.3, 0.4) is 0 Å². The zero-order chi connectivity index (χ0) is 17.3. The Balaban J connectivity index is 0. The Morgan fingerprint density at radius 3 is 2.14 bits per heavy atom. The number of nitrogens with two attached hydrogens (primary N) is 1. The van der Waals surface area contributed by atoms with Gasteiger partial charge in [-0.25, -0.2) is 5.90 Å². The van der Waals surface area contributed by atoms with Crippen molar-refractivity contribution >= 4 is 15.9 Å². The summed E-state index contributed by atoms with van der Waals surface area (Å²) in [6, 6.07) is 0. The molecule has 0 aliphatic carbocycles. The number of hydrogen-bond donors (Lipinski definition) is 2. The second-order valence-corrected chi connectivity index (χ2v) is 6.05. The number of quaternary nitrogens is 1. The van der Waals surface area contributed by atoms with Gasteiger partial charge in [0.2, 0.25) is 5.78 Å². The maximum absolute atomic E-state index is 11.1. The first-order chi connectivity index (χ1) is 9.27. The molecule has 0 heterocycles. The lowest BCUT2D eigenvalue weighted by atomic mass is 10.3. The first-order valence-corrected chi connectivity index (χ1v) is 7.03. The molecule has 0 spiro atoms.